The molecule has 1 saturated heterocycles. The van der Waals surface area contributed by atoms with Crippen LogP contribution in [0.3, 0.4) is 0 Å². The van der Waals surface area contributed by atoms with E-state index < -0.39 is 5.60 Å². The van der Waals surface area contributed by atoms with E-state index in [4.69, 9.17) is 19.2 Å². The summed E-state index contributed by atoms with van der Waals surface area (Å²) in [7, 11) is 1.71. The van der Waals surface area contributed by atoms with Gasteiger partial charge in [0.05, 0.1) is 31.0 Å². The maximum Gasteiger partial charge on any atom is 0.222 e. The van der Waals surface area contributed by atoms with Crippen LogP contribution in [0.1, 0.15) is 36.6 Å². The summed E-state index contributed by atoms with van der Waals surface area (Å²) < 4.78 is 19.2. The van der Waals surface area contributed by atoms with Crippen molar-refractivity contribution in [3.8, 4) is 5.82 Å². The first-order chi connectivity index (χ1) is 16.0. The van der Waals surface area contributed by atoms with Gasteiger partial charge in [0.15, 0.2) is 0 Å². The highest BCUT2D eigenvalue weighted by Gasteiger charge is 2.38. The Balaban J connectivity index is 1.70. The number of methoxy groups -OCH3 is 1. The third-order valence-electron chi connectivity index (χ3n) is 6.35. The summed E-state index contributed by atoms with van der Waals surface area (Å²) in [5, 5.41) is 3.80. The molecule has 8 heteroatoms. The molecule has 172 valence electrons. The van der Waals surface area contributed by atoms with E-state index in [0.717, 1.165) is 46.4 Å². The molecule has 0 aromatic carbocycles. The summed E-state index contributed by atoms with van der Waals surface area (Å²) in [6, 6.07) is 6.02. The summed E-state index contributed by atoms with van der Waals surface area (Å²) >= 11 is 0. The smallest absolute Gasteiger partial charge is 0.222 e. The molecule has 1 fully saturated rings. The number of pyridine rings is 2. The normalized spacial score (nSPS) is 20.8. The number of carbonyl (C=O) groups is 1. The SMILES string of the molecule is CO[C@@]1(c2cc(C)cc(-n3cc(C4=CCOCC4)c4cnc(NC(C)=O)cc43)n2)CCOC1. The molecule has 0 aliphatic carbocycles. The first-order valence-electron chi connectivity index (χ1n) is 11.2. The third-order valence-corrected chi connectivity index (χ3v) is 6.35. The van der Waals surface area contributed by atoms with Gasteiger partial charge < -0.3 is 24.1 Å². The van der Waals surface area contributed by atoms with Crippen LogP contribution >= 0.6 is 0 Å². The Morgan fingerprint density at radius 3 is 2.82 bits per heavy atom. The number of ether oxygens (including phenoxy) is 3. The lowest BCUT2D eigenvalue weighted by atomic mass is 9.97. The van der Waals surface area contributed by atoms with Crippen molar-refractivity contribution in [3.63, 3.8) is 0 Å². The quantitative estimate of drug-likeness (QED) is 0.640. The summed E-state index contributed by atoms with van der Waals surface area (Å²) in [6.45, 7) is 5.97. The van der Waals surface area contributed by atoms with Crippen LogP contribution in [0, 0.1) is 6.92 Å². The Hall–Kier alpha value is -3.07. The van der Waals surface area contributed by atoms with Gasteiger partial charge in [-0.3, -0.25) is 4.79 Å². The molecule has 8 nitrogen and oxygen atoms in total. The minimum atomic E-state index is -0.543. The number of aromatic nitrogens is 3. The maximum absolute atomic E-state index is 11.6. The highest BCUT2D eigenvalue weighted by Crippen LogP contribution is 2.36. The molecule has 2 aliphatic rings. The molecule has 1 amide bonds. The van der Waals surface area contributed by atoms with Crippen LogP contribution in [0.2, 0.25) is 0 Å². The zero-order valence-corrected chi connectivity index (χ0v) is 19.2. The fourth-order valence-corrected chi connectivity index (χ4v) is 4.61. The van der Waals surface area contributed by atoms with Crippen molar-refractivity contribution in [1.82, 2.24) is 14.5 Å². The summed E-state index contributed by atoms with van der Waals surface area (Å²) in [4.78, 5) is 21.1. The second-order valence-corrected chi connectivity index (χ2v) is 8.62. The van der Waals surface area contributed by atoms with Crippen molar-refractivity contribution in [2.24, 2.45) is 0 Å². The molecule has 33 heavy (non-hydrogen) atoms. The van der Waals surface area contributed by atoms with E-state index in [1.807, 2.05) is 12.3 Å². The van der Waals surface area contributed by atoms with Gasteiger partial charge >= 0.3 is 0 Å². The van der Waals surface area contributed by atoms with Crippen LogP contribution in [-0.4, -0.2) is 54.0 Å². The molecule has 0 bridgehead atoms. The molecule has 1 atom stereocenters. The predicted molar refractivity (Wildman–Crippen MR) is 125 cm³/mol. The first-order valence-corrected chi connectivity index (χ1v) is 11.2. The lowest BCUT2D eigenvalue weighted by Crippen LogP contribution is -2.30. The molecular weight excluding hydrogens is 420 g/mol. The number of carbonyl (C=O) groups excluding carboxylic acids is 1. The van der Waals surface area contributed by atoms with E-state index in [0.29, 0.717) is 32.2 Å². The van der Waals surface area contributed by atoms with Gasteiger partial charge in [0.25, 0.3) is 0 Å². The number of nitrogens with zero attached hydrogens (tertiary/aromatic N) is 3. The fraction of sp³-hybridized carbons (Fsp3) is 0.400. The number of hydrogen-bond acceptors (Lipinski definition) is 6. The third kappa shape index (κ3) is 4.06. The minimum absolute atomic E-state index is 0.161. The van der Waals surface area contributed by atoms with Crippen molar-refractivity contribution in [2.45, 2.75) is 32.3 Å². The van der Waals surface area contributed by atoms with E-state index in [2.05, 4.69) is 46.2 Å². The molecule has 3 aromatic rings. The van der Waals surface area contributed by atoms with Crippen molar-refractivity contribution in [2.75, 3.05) is 38.9 Å². The number of fused-ring (bicyclic) bond motifs is 1. The van der Waals surface area contributed by atoms with Gasteiger partial charge in [0.1, 0.15) is 17.2 Å². The highest BCUT2D eigenvalue weighted by molar-refractivity contribution is 5.96. The average molecular weight is 449 g/mol. The number of amides is 1. The number of anilines is 1. The zero-order chi connectivity index (χ0) is 23.0. The van der Waals surface area contributed by atoms with Crippen LogP contribution in [0.5, 0.6) is 0 Å². The molecule has 0 saturated carbocycles. The number of nitrogens with one attached hydrogen (secondary N) is 1. The monoisotopic (exact) mass is 448 g/mol. The van der Waals surface area contributed by atoms with Crippen LogP contribution in [0.15, 0.2) is 36.7 Å². The summed E-state index contributed by atoms with van der Waals surface area (Å²) in [5.41, 5.74) is 4.66. The second-order valence-electron chi connectivity index (χ2n) is 8.62. The van der Waals surface area contributed by atoms with Crippen molar-refractivity contribution < 1.29 is 19.0 Å². The largest absolute Gasteiger partial charge is 0.378 e. The lowest BCUT2D eigenvalue weighted by molar-refractivity contribution is -0.114. The molecule has 5 rings (SSSR count). The summed E-state index contributed by atoms with van der Waals surface area (Å²) in [6.07, 6.45) is 7.65. The lowest BCUT2D eigenvalue weighted by Gasteiger charge is -2.26. The van der Waals surface area contributed by atoms with E-state index in [9.17, 15) is 4.79 Å². The van der Waals surface area contributed by atoms with Gasteiger partial charge in [-0.05, 0) is 36.6 Å². The molecule has 0 radical (unpaired) electrons. The standard InChI is InChI=1S/C25H28N4O4/c1-16-10-22(25(31-3)6-9-33-15-25)28-24(11-16)29-14-20(18-4-7-32-8-5-18)19-13-26-23(12-21(19)29)27-17(2)30/h4,10-14H,5-9,15H2,1-3H3,(H,26,27,30)/t25-/m0/s1. The molecule has 0 spiro atoms. The van der Waals surface area contributed by atoms with Gasteiger partial charge in [-0.15, -0.1) is 0 Å². The maximum atomic E-state index is 11.6. The molecular formula is C25H28N4O4. The van der Waals surface area contributed by atoms with Crippen LogP contribution in [0.25, 0.3) is 22.3 Å². The van der Waals surface area contributed by atoms with Crippen molar-refractivity contribution >= 4 is 28.2 Å². The van der Waals surface area contributed by atoms with Gasteiger partial charge in [-0.25, -0.2) is 9.97 Å². The molecule has 2 aliphatic heterocycles. The van der Waals surface area contributed by atoms with E-state index in [1.54, 1.807) is 7.11 Å². The van der Waals surface area contributed by atoms with Crippen molar-refractivity contribution in [1.29, 1.82) is 0 Å². The molecule has 3 aromatic heterocycles. The van der Waals surface area contributed by atoms with Crippen LogP contribution in [-0.2, 0) is 24.6 Å². The predicted octanol–water partition coefficient (Wildman–Crippen LogP) is 3.75. The van der Waals surface area contributed by atoms with Gasteiger partial charge in [0, 0.05) is 56.5 Å². The average Bonchev–Trinajstić information content (AvgIpc) is 3.44. The van der Waals surface area contributed by atoms with Gasteiger partial charge in [-0.2, -0.15) is 0 Å². The topological polar surface area (TPSA) is 87.5 Å². The number of aryl methyl sites for hydroxylation is 1. The minimum Gasteiger partial charge on any atom is -0.378 e. The second kappa shape index (κ2) is 8.70. The molecule has 0 unspecified atom stereocenters. The Morgan fingerprint density at radius 2 is 2.12 bits per heavy atom. The van der Waals surface area contributed by atoms with Crippen LogP contribution in [0.4, 0.5) is 5.82 Å². The van der Waals surface area contributed by atoms with Crippen molar-refractivity contribution in [3.05, 3.63) is 53.5 Å². The van der Waals surface area contributed by atoms with E-state index >= 15 is 0 Å². The van der Waals surface area contributed by atoms with Gasteiger partial charge in [0.2, 0.25) is 5.91 Å². The Kier molecular flexibility index (Phi) is 5.74. The van der Waals surface area contributed by atoms with E-state index in [1.165, 1.54) is 12.5 Å². The van der Waals surface area contributed by atoms with Gasteiger partial charge in [-0.1, -0.05) is 6.08 Å². The first kappa shape index (κ1) is 21.8. The zero-order valence-electron chi connectivity index (χ0n) is 19.2. The molecule has 5 heterocycles. The van der Waals surface area contributed by atoms with E-state index in [-0.39, 0.29) is 5.91 Å². The fourth-order valence-electron chi connectivity index (χ4n) is 4.61. The molecule has 1 N–H and O–H groups in total. The summed E-state index contributed by atoms with van der Waals surface area (Å²) in [5.74, 6) is 1.14. The number of hydrogen-bond donors (Lipinski definition) is 1. The highest BCUT2D eigenvalue weighted by atomic mass is 16.5. The van der Waals surface area contributed by atoms with Crippen LogP contribution < -0.4 is 5.32 Å². The Labute approximate surface area is 192 Å². The Bertz CT molecular complexity index is 1240. The Morgan fingerprint density at radius 1 is 1.24 bits per heavy atom. The number of rotatable bonds is 5.